The maximum atomic E-state index is 11.2. The van der Waals surface area contributed by atoms with Gasteiger partial charge in [-0.1, -0.05) is 0 Å². The van der Waals surface area contributed by atoms with E-state index in [1.165, 1.54) is 24.3 Å². The lowest BCUT2D eigenvalue weighted by molar-refractivity contribution is -0.384. The van der Waals surface area contributed by atoms with Gasteiger partial charge in [-0.25, -0.2) is 4.21 Å². The summed E-state index contributed by atoms with van der Waals surface area (Å²) in [5, 5.41) is 10.2. The minimum Gasteiger partial charge on any atom is -0.258 e. The van der Waals surface area contributed by atoms with Gasteiger partial charge < -0.3 is 0 Å². The second-order valence-electron chi connectivity index (χ2n) is 2.35. The molecule has 13 heavy (non-hydrogen) atoms. The van der Waals surface area contributed by atoms with Gasteiger partial charge in [-0.3, -0.25) is 10.1 Å². The molecular formula is C7H6ClNO3S. The molecule has 4 nitrogen and oxygen atoms in total. The molecule has 0 aromatic heterocycles. The fourth-order valence-electron chi connectivity index (χ4n) is 0.771. The Kier molecular flexibility index (Phi) is 2.58. The van der Waals surface area contributed by atoms with Crippen molar-refractivity contribution in [3.8, 4) is 0 Å². The molecule has 1 atom stereocenters. The molecule has 0 N–H and O–H groups in total. The maximum absolute atomic E-state index is 11.2. The molecule has 0 heterocycles. The third kappa shape index (κ3) is 2.43. The summed E-state index contributed by atoms with van der Waals surface area (Å²) < 4.78 is 11.2. The molecule has 1 aromatic carbocycles. The first kappa shape index (κ1) is 10.0. The molecule has 0 radical (unpaired) electrons. The fourth-order valence-corrected chi connectivity index (χ4v) is 1.62. The molecule has 1 unspecified atom stereocenters. The molecule has 0 aliphatic carbocycles. The first-order chi connectivity index (χ1) is 5.91. The molecule has 0 spiro atoms. The monoisotopic (exact) mass is 219 g/mol. The van der Waals surface area contributed by atoms with Crippen LogP contribution in [0.25, 0.3) is 0 Å². The van der Waals surface area contributed by atoms with Crippen LogP contribution in [0, 0.1) is 10.1 Å². The predicted molar refractivity (Wildman–Crippen MR) is 52.5 cm³/mol. The molecule has 6 heteroatoms. The molecule has 70 valence electrons. The zero-order valence-corrected chi connectivity index (χ0v) is 8.05. The van der Waals surface area contributed by atoms with Crippen LogP contribution in [0.2, 0.25) is 0 Å². The Hall–Kier alpha value is -1.07. The zero-order valence-electron chi connectivity index (χ0n) is 6.47. The Morgan fingerprint density at radius 3 is 2.15 bits per heavy atom. The average molecular weight is 220 g/mol. The minimum absolute atomic E-state index is 0.0657. The number of non-ortho nitro benzene ring substituents is 1. The van der Waals surface area contributed by atoms with Crippen LogP contribution in [0.5, 0.6) is 0 Å². The van der Waals surface area contributed by atoms with Gasteiger partial charge in [-0.15, -0.1) is 0 Å². The van der Waals surface area contributed by atoms with Gasteiger partial charge in [-0.05, 0) is 28.7 Å². The van der Waals surface area contributed by atoms with Gasteiger partial charge in [0.1, 0.15) is 0 Å². The Labute approximate surface area is 79.8 Å². The topological polar surface area (TPSA) is 60.2 Å². The van der Waals surface area contributed by atoms with Gasteiger partial charge in [0.25, 0.3) is 5.69 Å². The summed E-state index contributed by atoms with van der Waals surface area (Å²) in [4.78, 5) is 10.0. The van der Waals surface area contributed by atoms with Crippen LogP contribution < -0.4 is 0 Å². The van der Waals surface area contributed by atoms with Crippen molar-refractivity contribution in [3.63, 3.8) is 0 Å². The summed E-state index contributed by atoms with van der Waals surface area (Å²) in [7, 11) is 2.64. The van der Waals surface area contributed by atoms with Crippen molar-refractivity contribution in [1.82, 2.24) is 0 Å². The molecular weight excluding hydrogens is 214 g/mol. The Morgan fingerprint density at radius 1 is 1.38 bits per heavy atom. The molecule has 0 fully saturated rings. The summed E-state index contributed by atoms with van der Waals surface area (Å²) in [6, 6.07) is 5.14. The van der Waals surface area contributed by atoms with Gasteiger partial charge in [0.15, 0.2) is 0 Å². The second-order valence-corrected chi connectivity index (χ2v) is 5.50. The highest BCUT2D eigenvalue weighted by Crippen LogP contribution is 2.18. The highest BCUT2D eigenvalue weighted by Gasteiger charge is 2.07. The fraction of sp³-hybridized carbons (Fsp3) is 0. The van der Waals surface area contributed by atoms with E-state index < -0.39 is 13.7 Å². The van der Waals surface area contributed by atoms with Crippen molar-refractivity contribution < 1.29 is 9.13 Å². The van der Waals surface area contributed by atoms with Crippen LogP contribution in [-0.4, -0.2) is 15.0 Å². The van der Waals surface area contributed by atoms with E-state index in [-0.39, 0.29) is 5.69 Å². The standard InChI is InChI=1S/C7H6ClNO3S/c1-13(8,12)7-4-2-6(3-5-7)9(10)11/h2-5H,1H2. The lowest BCUT2D eigenvalue weighted by atomic mass is 10.3. The predicted octanol–water partition coefficient (Wildman–Crippen LogP) is 1.82. The number of hydrogen-bond donors (Lipinski definition) is 0. The lowest BCUT2D eigenvalue weighted by Crippen LogP contribution is -1.91. The smallest absolute Gasteiger partial charge is 0.258 e. The van der Waals surface area contributed by atoms with Crippen molar-refractivity contribution in [3.05, 3.63) is 34.4 Å². The lowest BCUT2D eigenvalue weighted by Gasteiger charge is -1.98. The summed E-state index contributed by atoms with van der Waals surface area (Å²) in [5.74, 6) is 3.24. The van der Waals surface area contributed by atoms with Crippen molar-refractivity contribution >= 4 is 31.0 Å². The van der Waals surface area contributed by atoms with Crippen molar-refractivity contribution in [2.75, 3.05) is 0 Å². The number of nitrogens with zero attached hydrogens (tertiary/aromatic N) is 1. The minimum atomic E-state index is -2.80. The normalized spacial score (nSPS) is 14.8. The highest BCUT2D eigenvalue weighted by molar-refractivity contribution is 8.21. The first-order valence-corrected chi connectivity index (χ1v) is 5.78. The van der Waals surface area contributed by atoms with Crippen molar-refractivity contribution in [1.29, 1.82) is 0 Å². The molecule has 0 saturated carbocycles. The van der Waals surface area contributed by atoms with Crippen LogP contribution in [0.3, 0.4) is 0 Å². The molecule has 1 rings (SSSR count). The van der Waals surface area contributed by atoms with E-state index in [2.05, 4.69) is 5.87 Å². The molecule has 0 bridgehead atoms. The van der Waals surface area contributed by atoms with Gasteiger partial charge in [0.2, 0.25) is 0 Å². The summed E-state index contributed by atoms with van der Waals surface area (Å²) in [6.45, 7) is 0. The molecule has 0 saturated heterocycles. The van der Waals surface area contributed by atoms with Gasteiger partial charge >= 0.3 is 0 Å². The highest BCUT2D eigenvalue weighted by atomic mass is 35.7. The number of benzene rings is 1. The van der Waals surface area contributed by atoms with Crippen LogP contribution >= 0.6 is 10.7 Å². The van der Waals surface area contributed by atoms with Crippen LogP contribution in [0.4, 0.5) is 5.69 Å². The number of halogens is 1. The third-order valence-corrected chi connectivity index (χ3v) is 2.91. The van der Waals surface area contributed by atoms with E-state index >= 15 is 0 Å². The van der Waals surface area contributed by atoms with Gasteiger partial charge in [0, 0.05) is 17.0 Å². The van der Waals surface area contributed by atoms with Crippen molar-refractivity contribution in [2.24, 2.45) is 0 Å². The van der Waals surface area contributed by atoms with Crippen LogP contribution in [0.15, 0.2) is 29.2 Å². The van der Waals surface area contributed by atoms with E-state index in [1.807, 2.05) is 0 Å². The summed E-state index contributed by atoms with van der Waals surface area (Å²) in [5.41, 5.74) is -0.0657. The second kappa shape index (κ2) is 3.35. The van der Waals surface area contributed by atoms with Gasteiger partial charge in [0.05, 0.1) is 13.7 Å². The largest absolute Gasteiger partial charge is 0.269 e. The average Bonchev–Trinajstić information content (AvgIpc) is 2.03. The first-order valence-electron chi connectivity index (χ1n) is 3.22. The summed E-state index contributed by atoms with van der Waals surface area (Å²) in [6.07, 6.45) is 0. The molecule has 0 amide bonds. The van der Waals surface area contributed by atoms with E-state index in [0.29, 0.717) is 4.90 Å². The molecule has 0 aliphatic rings. The SMILES string of the molecule is C=S(=O)(Cl)c1ccc([N+](=O)[O-])cc1. The summed E-state index contributed by atoms with van der Waals surface area (Å²) >= 11 is 0. The number of nitro groups is 1. The van der Waals surface area contributed by atoms with E-state index in [4.69, 9.17) is 10.7 Å². The number of hydrogen-bond acceptors (Lipinski definition) is 3. The van der Waals surface area contributed by atoms with Crippen molar-refractivity contribution in [2.45, 2.75) is 4.90 Å². The quantitative estimate of drug-likeness (QED) is 0.330. The van der Waals surface area contributed by atoms with E-state index in [1.54, 1.807) is 0 Å². The van der Waals surface area contributed by atoms with Crippen LogP contribution in [0.1, 0.15) is 0 Å². The zero-order chi connectivity index (χ0) is 10.1. The van der Waals surface area contributed by atoms with E-state index in [0.717, 1.165) is 0 Å². The Morgan fingerprint density at radius 2 is 1.85 bits per heavy atom. The molecule has 0 aliphatic heterocycles. The number of rotatable bonds is 2. The number of nitro benzene ring substituents is 1. The third-order valence-electron chi connectivity index (χ3n) is 1.40. The Bertz CT molecular complexity index is 424. The van der Waals surface area contributed by atoms with Gasteiger partial charge in [-0.2, -0.15) is 0 Å². The molecule has 1 aromatic rings. The van der Waals surface area contributed by atoms with Crippen LogP contribution in [-0.2, 0) is 8.74 Å². The van der Waals surface area contributed by atoms with E-state index in [9.17, 15) is 14.3 Å². The maximum Gasteiger partial charge on any atom is 0.269 e. The Balaban J connectivity index is 3.16.